The number of amides is 1. The summed E-state index contributed by atoms with van der Waals surface area (Å²) in [5.74, 6) is -0.316. The van der Waals surface area contributed by atoms with Crippen molar-refractivity contribution in [2.24, 2.45) is 0 Å². The molecule has 0 saturated carbocycles. The van der Waals surface area contributed by atoms with E-state index in [0.29, 0.717) is 11.3 Å². The van der Waals surface area contributed by atoms with Crippen molar-refractivity contribution in [3.05, 3.63) is 29.8 Å². The van der Waals surface area contributed by atoms with Gasteiger partial charge < -0.3 is 4.90 Å². The summed E-state index contributed by atoms with van der Waals surface area (Å²) in [6.45, 7) is 2.23. The van der Waals surface area contributed by atoms with Gasteiger partial charge in [-0.25, -0.2) is 4.39 Å². The normalized spacial score (nSPS) is 9.94. The number of hydrogen-bond acceptors (Lipinski definition) is 2. The van der Waals surface area contributed by atoms with Crippen LogP contribution in [-0.4, -0.2) is 24.9 Å². The summed E-state index contributed by atoms with van der Waals surface area (Å²) in [6.07, 6.45) is 0. The molecule has 0 aromatic heterocycles. The molecule has 3 nitrogen and oxygen atoms in total. The maximum Gasteiger partial charge on any atom is 0.223 e. The molecule has 1 rings (SSSR count). The van der Waals surface area contributed by atoms with E-state index in [0.717, 1.165) is 0 Å². The van der Waals surface area contributed by atoms with Crippen molar-refractivity contribution in [2.75, 3.05) is 18.1 Å². The number of benzene rings is 1. The Kier molecular flexibility index (Phi) is 4.17. The molecule has 1 amide bonds. The second-order valence-electron chi connectivity index (χ2n) is 3.47. The van der Waals surface area contributed by atoms with Crippen molar-refractivity contribution < 1.29 is 14.0 Å². The Morgan fingerprint density at radius 1 is 1.31 bits per heavy atom. The van der Waals surface area contributed by atoms with Crippen LogP contribution in [0.1, 0.15) is 24.2 Å². The summed E-state index contributed by atoms with van der Waals surface area (Å²) < 4.78 is 12.3. The topological polar surface area (TPSA) is 37.4 Å². The average Bonchev–Trinajstić information content (AvgIpc) is 2.25. The molecular weight excluding hydrogens is 209 g/mol. The van der Waals surface area contributed by atoms with E-state index in [4.69, 9.17) is 0 Å². The van der Waals surface area contributed by atoms with Crippen LogP contribution in [0, 0.1) is 0 Å². The summed E-state index contributed by atoms with van der Waals surface area (Å²) in [6, 6.07) is 6.63. The number of carbonyl (C=O) groups excluding carboxylic acids is 2. The average molecular weight is 223 g/mol. The van der Waals surface area contributed by atoms with Crippen molar-refractivity contribution in [3.8, 4) is 0 Å². The molecule has 0 radical (unpaired) electrons. The summed E-state index contributed by atoms with van der Waals surface area (Å²) in [5, 5.41) is 0. The number of hydrogen-bond donors (Lipinski definition) is 0. The third-order valence-electron chi connectivity index (χ3n) is 2.25. The van der Waals surface area contributed by atoms with Crippen LogP contribution in [0.25, 0.3) is 0 Å². The summed E-state index contributed by atoms with van der Waals surface area (Å²) in [4.78, 5) is 23.8. The summed E-state index contributed by atoms with van der Waals surface area (Å²) in [5.41, 5.74) is 1.07. The molecule has 0 atom stereocenters. The second kappa shape index (κ2) is 5.39. The van der Waals surface area contributed by atoms with Gasteiger partial charge in [0.1, 0.15) is 6.67 Å². The number of halogens is 1. The quantitative estimate of drug-likeness (QED) is 0.734. The van der Waals surface area contributed by atoms with Crippen LogP contribution < -0.4 is 4.90 Å². The first-order chi connectivity index (χ1) is 7.56. The summed E-state index contributed by atoms with van der Waals surface area (Å²) in [7, 11) is 0. The molecular formula is C12H14FNO2. The van der Waals surface area contributed by atoms with Gasteiger partial charge in [-0.1, -0.05) is 12.1 Å². The molecule has 0 aliphatic carbocycles. The molecule has 86 valence electrons. The van der Waals surface area contributed by atoms with E-state index in [1.165, 1.54) is 18.7 Å². The van der Waals surface area contributed by atoms with Gasteiger partial charge in [0.15, 0.2) is 5.78 Å². The van der Waals surface area contributed by atoms with Crippen LogP contribution in [0.2, 0.25) is 0 Å². The molecule has 16 heavy (non-hydrogen) atoms. The molecule has 0 saturated heterocycles. The van der Waals surface area contributed by atoms with Gasteiger partial charge in [-0.15, -0.1) is 0 Å². The van der Waals surface area contributed by atoms with Gasteiger partial charge in [-0.05, 0) is 19.1 Å². The number of alkyl halides is 1. The van der Waals surface area contributed by atoms with Crippen molar-refractivity contribution in [1.29, 1.82) is 0 Å². The first-order valence-electron chi connectivity index (χ1n) is 5.01. The van der Waals surface area contributed by atoms with Gasteiger partial charge in [0.2, 0.25) is 5.91 Å². The third kappa shape index (κ3) is 2.89. The number of Topliss-reactive ketones (excluding diaryl/α,β-unsaturated/α-hetero) is 1. The fourth-order valence-electron chi connectivity index (χ4n) is 1.45. The van der Waals surface area contributed by atoms with Crippen LogP contribution >= 0.6 is 0 Å². The molecule has 4 heteroatoms. The minimum absolute atomic E-state index is 0.0106. The van der Waals surface area contributed by atoms with E-state index >= 15 is 0 Å². The number of carbonyl (C=O) groups is 2. The fraction of sp³-hybridized carbons (Fsp3) is 0.333. The molecule has 0 N–H and O–H groups in total. The van der Waals surface area contributed by atoms with Gasteiger partial charge >= 0.3 is 0 Å². The first kappa shape index (κ1) is 12.4. The van der Waals surface area contributed by atoms with Crippen molar-refractivity contribution in [2.45, 2.75) is 13.8 Å². The highest BCUT2D eigenvalue weighted by Gasteiger charge is 2.12. The maximum absolute atomic E-state index is 12.3. The molecule has 0 aliphatic heterocycles. The Morgan fingerprint density at radius 2 is 2.00 bits per heavy atom. The smallest absolute Gasteiger partial charge is 0.223 e. The molecule has 0 spiro atoms. The molecule has 0 bridgehead atoms. The Hall–Kier alpha value is -1.71. The predicted molar refractivity (Wildman–Crippen MR) is 60.4 cm³/mol. The molecule has 0 fully saturated rings. The molecule has 1 aromatic rings. The molecule has 0 unspecified atom stereocenters. The highest BCUT2D eigenvalue weighted by atomic mass is 19.1. The van der Waals surface area contributed by atoms with Crippen LogP contribution in [0.4, 0.5) is 10.1 Å². The molecule has 1 aromatic carbocycles. The number of nitrogens with zero attached hydrogens (tertiary/aromatic N) is 1. The van der Waals surface area contributed by atoms with Gasteiger partial charge in [-0.2, -0.15) is 0 Å². The van der Waals surface area contributed by atoms with Crippen LogP contribution in [0.5, 0.6) is 0 Å². The Balaban J connectivity index is 3.04. The maximum atomic E-state index is 12.3. The minimum atomic E-state index is -0.607. The lowest BCUT2D eigenvalue weighted by Crippen LogP contribution is -2.30. The van der Waals surface area contributed by atoms with Gasteiger partial charge in [0, 0.05) is 18.2 Å². The monoisotopic (exact) mass is 223 g/mol. The molecule has 0 heterocycles. The third-order valence-corrected chi connectivity index (χ3v) is 2.25. The lowest BCUT2D eigenvalue weighted by Gasteiger charge is -2.19. The van der Waals surface area contributed by atoms with E-state index in [9.17, 15) is 14.0 Å². The van der Waals surface area contributed by atoms with E-state index in [1.807, 2.05) is 0 Å². The van der Waals surface area contributed by atoms with E-state index in [2.05, 4.69) is 0 Å². The minimum Gasteiger partial charge on any atom is -0.310 e. The zero-order chi connectivity index (χ0) is 12.1. The number of rotatable bonds is 4. The van der Waals surface area contributed by atoms with Gasteiger partial charge in [-0.3, -0.25) is 9.59 Å². The van der Waals surface area contributed by atoms with Crippen molar-refractivity contribution >= 4 is 17.4 Å². The lowest BCUT2D eigenvalue weighted by atomic mass is 10.1. The molecule has 0 aliphatic rings. The summed E-state index contributed by atoms with van der Waals surface area (Å²) >= 11 is 0. The highest BCUT2D eigenvalue weighted by Crippen LogP contribution is 2.16. The SMILES string of the molecule is CC(=O)c1cccc(N(CCF)C(C)=O)c1. The van der Waals surface area contributed by atoms with Gasteiger partial charge in [0.25, 0.3) is 0 Å². The fourth-order valence-corrected chi connectivity index (χ4v) is 1.45. The largest absolute Gasteiger partial charge is 0.310 e. The van der Waals surface area contributed by atoms with Crippen molar-refractivity contribution in [3.63, 3.8) is 0 Å². The first-order valence-corrected chi connectivity index (χ1v) is 5.01. The second-order valence-corrected chi connectivity index (χ2v) is 3.47. The standard InChI is InChI=1S/C12H14FNO2/c1-9(15)11-4-3-5-12(8-11)14(7-6-13)10(2)16/h3-5,8H,6-7H2,1-2H3. The predicted octanol–water partition coefficient (Wildman–Crippen LogP) is 2.21. The number of ketones is 1. The zero-order valence-electron chi connectivity index (χ0n) is 9.37. The van der Waals surface area contributed by atoms with E-state index < -0.39 is 6.67 Å². The zero-order valence-corrected chi connectivity index (χ0v) is 9.37. The van der Waals surface area contributed by atoms with Crippen LogP contribution in [0.3, 0.4) is 0 Å². The van der Waals surface area contributed by atoms with E-state index in [1.54, 1.807) is 24.3 Å². The van der Waals surface area contributed by atoms with Crippen LogP contribution in [-0.2, 0) is 4.79 Å². The Morgan fingerprint density at radius 3 is 2.50 bits per heavy atom. The van der Waals surface area contributed by atoms with Gasteiger partial charge in [0.05, 0.1) is 6.54 Å². The van der Waals surface area contributed by atoms with Crippen molar-refractivity contribution in [1.82, 2.24) is 0 Å². The van der Waals surface area contributed by atoms with Crippen LogP contribution in [0.15, 0.2) is 24.3 Å². The Labute approximate surface area is 93.9 Å². The Bertz CT molecular complexity index is 404. The number of anilines is 1. The van der Waals surface area contributed by atoms with E-state index in [-0.39, 0.29) is 18.2 Å². The lowest BCUT2D eigenvalue weighted by molar-refractivity contribution is -0.116. The highest BCUT2D eigenvalue weighted by molar-refractivity contribution is 5.97.